The van der Waals surface area contributed by atoms with Crippen molar-refractivity contribution in [3.63, 3.8) is 0 Å². The van der Waals surface area contributed by atoms with Crippen LogP contribution in [0.5, 0.6) is 0 Å². The molecule has 0 radical (unpaired) electrons. The molecule has 0 spiro atoms. The van der Waals surface area contributed by atoms with Crippen LogP contribution in [-0.4, -0.2) is 17.6 Å². The number of aromatic nitrogens is 1. The molecule has 94 valence electrons. The third-order valence-corrected chi connectivity index (χ3v) is 3.52. The average molecular weight is 262 g/mol. The Morgan fingerprint density at radius 1 is 1.50 bits per heavy atom. The zero-order chi connectivity index (χ0) is 13.0. The van der Waals surface area contributed by atoms with Gasteiger partial charge in [0.15, 0.2) is 0 Å². The van der Waals surface area contributed by atoms with Crippen LogP contribution in [0.1, 0.15) is 20.2 Å². The van der Waals surface area contributed by atoms with Crippen molar-refractivity contribution >= 4 is 23.0 Å². The molecule has 0 unspecified atom stereocenters. The monoisotopic (exact) mass is 262 g/mol. The molecule has 0 saturated carbocycles. The maximum Gasteiger partial charge on any atom is 0.348 e. The standard InChI is InChI=1S/C13H14N2O2S/c1-9-11(14)8-12(18-9)13(16)17-7-5-10-4-2-3-6-15-10/h2-4,6,8H,5,7,14H2,1H3. The molecule has 18 heavy (non-hydrogen) atoms. The van der Waals surface area contributed by atoms with Gasteiger partial charge in [0.2, 0.25) is 0 Å². The fraction of sp³-hybridized carbons (Fsp3) is 0.231. The number of aryl methyl sites for hydroxylation is 1. The number of thiophene rings is 1. The molecule has 5 heteroatoms. The Morgan fingerprint density at radius 3 is 2.94 bits per heavy atom. The fourth-order valence-electron chi connectivity index (χ4n) is 1.46. The first-order valence-electron chi connectivity index (χ1n) is 5.60. The third kappa shape index (κ3) is 3.07. The number of nitrogen functional groups attached to an aromatic ring is 1. The number of carbonyl (C=O) groups excluding carboxylic acids is 1. The van der Waals surface area contributed by atoms with E-state index in [1.165, 1.54) is 11.3 Å². The van der Waals surface area contributed by atoms with Gasteiger partial charge < -0.3 is 10.5 Å². The zero-order valence-corrected chi connectivity index (χ0v) is 10.9. The molecule has 0 fully saturated rings. The number of nitrogens with zero attached hydrogens (tertiary/aromatic N) is 1. The van der Waals surface area contributed by atoms with E-state index in [2.05, 4.69) is 4.98 Å². The smallest absolute Gasteiger partial charge is 0.348 e. The Balaban J connectivity index is 1.85. The number of hydrogen-bond donors (Lipinski definition) is 1. The first-order chi connectivity index (χ1) is 8.66. The predicted octanol–water partition coefficient (Wildman–Crippen LogP) is 2.43. The highest BCUT2D eigenvalue weighted by atomic mass is 32.1. The van der Waals surface area contributed by atoms with Crippen molar-refractivity contribution in [3.8, 4) is 0 Å². The molecule has 4 nitrogen and oxygen atoms in total. The third-order valence-electron chi connectivity index (χ3n) is 2.47. The molecule has 0 bridgehead atoms. The summed E-state index contributed by atoms with van der Waals surface area (Å²) in [5, 5.41) is 0. The lowest BCUT2D eigenvalue weighted by molar-refractivity contribution is 0.0514. The fourth-order valence-corrected chi connectivity index (χ4v) is 2.30. The van der Waals surface area contributed by atoms with Crippen LogP contribution in [0.25, 0.3) is 0 Å². The molecule has 2 aromatic rings. The SMILES string of the molecule is Cc1sc(C(=O)OCCc2ccccn2)cc1N. The van der Waals surface area contributed by atoms with Crippen molar-refractivity contribution in [2.75, 3.05) is 12.3 Å². The number of hydrogen-bond acceptors (Lipinski definition) is 5. The number of nitrogens with two attached hydrogens (primary N) is 1. The lowest BCUT2D eigenvalue weighted by Gasteiger charge is -2.02. The second-order valence-electron chi connectivity index (χ2n) is 3.83. The Morgan fingerprint density at radius 2 is 2.33 bits per heavy atom. The highest BCUT2D eigenvalue weighted by molar-refractivity contribution is 7.14. The molecule has 0 aliphatic carbocycles. The van der Waals surface area contributed by atoms with Gasteiger partial charge in [0.1, 0.15) is 4.88 Å². The van der Waals surface area contributed by atoms with Gasteiger partial charge in [0, 0.05) is 28.9 Å². The summed E-state index contributed by atoms with van der Waals surface area (Å²) in [5.41, 5.74) is 7.24. The summed E-state index contributed by atoms with van der Waals surface area (Å²) in [7, 11) is 0. The van der Waals surface area contributed by atoms with Gasteiger partial charge in [-0.05, 0) is 25.1 Å². The van der Waals surface area contributed by atoms with Crippen LogP contribution in [0.4, 0.5) is 5.69 Å². The minimum Gasteiger partial charge on any atom is -0.461 e. The van der Waals surface area contributed by atoms with E-state index < -0.39 is 0 Å². The molecular formula is C13H14N2O2S. The maximum absolute atomic E-state index is 11.7. The van der Waals surface area contributed by atoms with Crippen molar-refractivity contribution in [1.29, 1.82) is 0 Å². The molecule has 2 heterocycles. The molecule has 0 aliphatic rings. The van der Waals surface area contributed by atoms with Gasteiger partial charge in [-0.3, -0.25) is 4.98 Å². The Labute approximate surface area is 109 Å². The van der Waals surface area contributed by atoms with E-state index in [-0.39, 0.29) is 5.97 Å². The molecule has 0 aromatic carbocycles. The summed E-state index contributed by atoms with van der Waals surface area (Å²) in [5.74, 6) is -0.323. The summed E-state index contributed by atoms with van der Waals surface area (Å²) >= 11 is 1.35. The van der Waals surface area contributed by atoms with E-state index in [0.29, 0.717) is 23.6 Å². The minimum atomic E-state index is -0.323. The molecule has 0 aliphatic heterocycles. The van der Waals surface area contributed by atoms with Crippen molar-refractivity contribution in [2.24, 2.45) is 0 Å². The van der Waals surface area contributed by atoms with E-state index in [4.69, 9.17) is 10.5 Å². The topological polar surface area (TPSA) is 65.2 Å². The van der Waals surface area contributed by atoms with Crippen molar-refractivity contribution in [1.82, 2.24) is 4.98 Å². The number of esters is 1. The van der Waals surface area contributed by atoms with Crippen LogP contribution in [0, 0.1) is 6.92 Å². The van der Waals surface area contributed by atoms with Gasteiger partial charge >= 0.3 is 5.97 Å². The second-order valence-corrected chi connectivity index (χ2v) is 5.09. The Kier molecular flexibility index (Phi) is 3.94. The van der Waals surface area contributed by atoms with Crippen molar-refractivity contribution in [2.45, 2.75) is 13.3 Å². The largest absolute Gasteiger partial charge is 0.461 e. The van der Waals surface area contributed by atoms with Gasteiger partial charge in [-0.25, -0.2) is 4.79 Å². The van der Waals surface area contributed by atoms with Gasteiger partial charge in [-0.1, -0.05) is 6.07 Å². The van der Waals surface area contributed by atoms with Gasteiger partial charge in [0.25, 0.3) is 0 Å². The zero-order valence-electron chi connectivity index (χ0n) is 10.1. The summed E-state index contributed by atoms with van der Waals surface area (Å²) in [6.45, 7) is 2.21. The highest BCUT2D eigenvalue weighted by Crippen LogP contribution is 2.23. The lowest BCUT2D eigenvalue weighted by atomic mass is 10.3. The molecule has 0 atom stereocenters. The molecule has 2 rings (SSSR count). The van der Waals surface area contributed by atoms with E-state index in [1.54, 1.807) is 12.3 Å². The number of anilines is 1. The Hall–Kier alpha value is -1.88. The lowest BCUT2D eigenvalue weighted by Crippen LogP contribution is -2.07. The van der Waals surface area contributed by atoms with Crippen molar-refractivity contribution in [3.05, 3.63) is 45.9 Å². The van der Waals surface area contributed by atoms with E-state index in [0.717, 1.165) is 10.6 Å². The highest BCUT2D eigenvalue weighted by Gasteiger charge is 2.12. The van der Waals surface area contributed by atoms with Crippen LogP contribution in [-0.2, 0) is 11.2 Å². The normalized spacial score (nSPS) is 10.3. The summed E-state index contributed by atoms with van der Waals surface area (Å²) in [4.78, 5) is 17.4. The van der Waals surface area contributed by atoms with E-state index in [1.807, 2.05) is 25.1 Å². The first kappa shape index (κ1) is 12.6. The predicted molar refractivity (Wildman–Crippen MR) is 71.7 cm³/mol. The van der Waals surface area contributed by atoms with Crippen LogP contribution in [0.15, 0.2) is 30.5 Å². The van der Waals surface area contributed by atoms with Crippen LogP contribution in [0.2, 0.25) is 0 Å². The average Bonchev–Trinajstić information content (AvgIpc) is 2.71. The Bertz CT molecular complexity index is 518. The molecule has 2 aromatic heterocycles. The maximum atomic E-state index is 11.7. The van der Waals surface area contributed by atoms with E-state index >= 15 is 0 Å². The van der Waals surface area contributed by atoms with Crippen molar-refractivity contribution < 1.29 is 9.53 Å². The number of rotatable bonds is 4. The molecule has 2 N–H and O–H groups in total. The second kappa shape index (κ2) is 5.64. The summed E-state index contributed by atoms with van der Waals surface area (Å²) in [6, 6.07) is 7.32. The van der Waals surface area contributed by atoms with Gasteiger partial charge in [-0.2, -0.15) is 0 Å². The van der Waals surface area contributed by atoms with E-state index in [9.17, 15) is 4.79 Å². The molecule has 0 saturated heterocycles. The van der Waals surface area contributed by atoms with Gasteiger partial charge in [-0.15, -0.1) is 11.3 Å². The summed E-state index contributed by atoms with van der Waals surface area (Å²) in [6.07, 6.45) is 2.34. The molecule has 0 amide bonds. The van der Waals surface area contributed by atoms with Crippen LogP contribution < -0.4 is 5.73 Å². The first-order valence-corrected chi connectivity index (χ1v) is 6.41. The molecular weight excluding hydrogens is 248 g/mol. The van der Waals surface area contributed by atoms with Crippen LogP contribution in [0.3, 0.4) is 0 Å². The van der Waals surface area contributed by atoms with Gasteiger partial charge in [0.05, 0.1) is 6.61 Å². The summed E-state index contributed by atoms with van der Waals surface area (Å²) < 4.78 is 5.18. The quantitative estimate of drug-likeness (QED) is 0.859. The number of carbonyl (C=O) groups is 1. The van der Waals surface area contributed by atoms with Crippen LogP contribution >= 0.6 is 11.3 Å². The minimum absolute atomic E-state index is 0.323. The number of pyridine rings is 1. The number of ether oxygens (including phenoxy) is 1.